The highest BCUT2D eigenvalue weighted by Gasteiger charge is 2.39. The van der Waals surface area contributed by atoms with Crippen LogP contribution >= 0.6 is 0 Å². The van der Waals surface area contributed by atoms with Crippen molar-refractivity contribution in [3.8, 4) is 0 Å². The zero-order valence-electron chi connectivity index (χ0n) is 14.9. The van der Waals surface area contributed by atoms with Gasteiger partial charge in [-0.05, 0) is 25.2 Å². The summed E-state index contributed by atoms with van der Waals surface area (Å²) in [6.45, 7) is 0.693. The Balaban J connectivity index is 1.33. The van der Waals surface area contributed by atoms with Crippen molar-refractivity contribution in [3.63, 3.8) is 0 Å². The molecular formula is C19H29FN4O. The molecule has 3 aliphatic rings. The number of hydrogen-bond donors (Lipinski definition) is 1. The van der Waals surface area contributed by atoms with Crippen LogP contribution in [0.1, 0.15) is 81.3 Å². The van der Waals surface area contributed by atoms with E-state index in [-0.39, 0.29) is 17.7 Å². The first-order valence-corrected chi connectivity index (χ1v) is 10.0. The molecule has 1 aromatic rings. The van der Waals surface area contributed by atoms with Crippen molar-refractivity contribution >= 4 is 5.91 Å². The Morgan fingerprint density at radius 1 is 1.16 bits per heavy atom. The van der Waals surface area contributed by atoms with Crippen LogP contribution < -0.4 is 0 Å². The summed E-state index contributed by atoms with van der Waals surface area (Å²) in [5.74, 6) is 2.84. The van der Waals surface area contributed by atoms with E-state index in [1.165, 1.54) is 32.1 Å². The zero-order chi connectivity index (χ0) is 17.2. The molecule has 2 unspecified atom stereocenters. The molecule has 1 saturated heterocycles. The monoisotopic (exact) mass is 348 g/mol. The van der Waals surface area contributed by atoms with Gasteiger partial charge in [0.25, 0.3) is 0 Å². The number of nitrogens with zero attached hydrogens (tertiary/aromatic N) is 3. The van der Waals surface area contributed by atoms with E-state index in [1.54, 1.807) is 0 Å². The molecule has 1 aliphatic heterocycles. The Morgan fingerprint density at radius 3 is 2.68 bits per heavy atom. The third kappa shape index (κ3) is 3.87. The van der Waals surface area contributed by atoms with Crippen LogP contribution in [0, 0.1) is 11.8 Å². The Labute approximate surface area is 148 Å². The first-order chi connectivity index (χ1) is 12.2. The predicted octanol–water partition coefficient (Wildman–Crippen LogP) is 3.55. The van der Waals surface area contributed by atoms with Gasteiger partial charge in [0.2, 0.25) is 5.91 Å². The number of halogens is 1. The topological polar surface area (TPSA) is 61.9 Å². The highest BCUT2D eigenvalue weighted by atomic mass is 19.1. The lowest BCUT2D eigenvalue weighted by atomic mass is 9.86. The summed E-state index contributed by atoms with van der Waals surface area (Å²) in [6, 6.07) is 0. The number of alkyl halides is 1. The predicted molar refractivity (Wildman–Crippen MR) is 93.0 cm³/mol. The third-order valence-electron chi connectivity index (χ3n) is 6.30. The van der Waals surface area contributed by atoms with Gasteiger partial charge in [-0.3, -0.25) is 14.3 Å². The Kier molecular flexibility index (Phi) is 5.04. The summed E-state index contributed by atoms with van der Waals surface area (Å²) in [7, 11) is 0. The number of likely N-dealkylation sites (tertiary alicyclic amines) is 1. The van der Waals surface area contributed by atoms with Crippen molar-refractivity contribution in [3.05, 3.63) is 11.6 Å². The number of carbonyl (C=O) groups is 1. The minimum Gasteiger partial charge on any atom is -0.342 e. The van der Waals surface area contributed by atoms with Crippen molar-refractivity contribution in [1.29, 1.82) is 0 Å². The average Bonchev–Trinajstić information content (AvgIpc) is 3.22. The summed E-state index contributed by atoms with van der Waals surface area (Å²) < 4.78 is 13.5. The van der Waals surface area contributed by atoms with Crippen LogP contribution in [-0.2, 0) is 4.79 Å². The van der Waals surface area contributed by atoms with E-state index in [0.717, 1.165) is 30.9 Å². The van der Waals surface area contributed by atoms with E-state index in [9.17, 15) is 9.18 Å². The van der Waals surface area contributed by atoms with Gasteiger partial charge in [0.1, 0.15) is 5.82 Å². The minimum absolute atomic E-state index is 0.0383. The molecular weight excluding hydrogens is 319 g/mol. The summed E-state index contributed by atoms with van der Waals surface area (Å²) in [5.41, 5.74) is 0. The van der Waals surface area contributed by atoms with Crippen molar-refractivity contribution in [2.45, 2.75) is 69.6 Å². The number of rotatable bonds is 6. The van der Waals surface area contributed by atoms with Crippen LogP contribution in [-0.4, -0.2) is 45.8 Å². The zero-order valence-corrected chi connectivity index (χ0v) is 14.9. The van der Waals surface area contributed by atoms with Gasteiger partial charge in [0.15, 0.2) is 5.82 Å². The maximum atomic E-state index is 13.5. The van der Waals surface area contributed by atoms with Gasteiger partial charge < -0.3 is 4.90 Å². The third-order valence-corrected chi connectivity index (χ3v) is 6.30. The maximum absolute atomic E-state index is 13.5. The number of carbonyl (C=O) groups excluding carboxylic acids is 1. The van der Waals surface area contributed by atoms with Crippen LogP contribution in [0.2, 0.25) is 0 Å². The molecule has 0 aromatic carbocycles. The van der Waals surface area contributed by atoms with Crippen molar-refractivity contribution in [1.82, 2.24) is 20.1 Å². The molecule has 0 spiro atoms. The van der Waals surface area contributed by atoms with Gasteiger partial charge in [-0.15, -0.1) is 0 Å². The molecule has 2 heterocycles. The molecule has 3 fully saturated rings. The van der Waals surface area contributed by atoms with Gasteiger partial charge in [0, 0.05) is 37.3 Å². The highest BCUT2D eigenvalue weighted by Crippen LogP contribution is 2.39. The van der Waals surface area contributed by atoms with Crippen molar-refractivity contribution in [2.75, 3.05) is 19.8 Å². The first kappa shape index (κ1) is 17.0. The van der Waals surface area contributed by atoms with Crippen LogP contribution in [0.4, 0.5) is 4.39 Å². The standard InChI is InChI=1S/C19H29FN4O/c20-10-15-11-24(17(25)9-6-13-4-2-1-3-5-13)12-16(15)19-21-18(22-23-19)14-7-8-14/h13-16H,1-12H2,(H,21,22,23). The summed E-state index contributed by atoms with van der Waals surface area (Å²) in [5, 5.41) is 7.31. The van der Waals surface area contributed by atoms with Crippen LogP contribution in [0.5, 0.6) is 0 Å². The lowest BCUT2D eigenvalue weighted by molar-refractivity contribution is -0.130. The molecule has 6 heteroatoms. The Morgan fingerprint density at radius 2 is 1.96 bits per heavy atom. The summed E-state index contributed by atoms with van der Waals surface area (Å²) >= 11 is 0. The fraction of sp³-hybridized carbons (Fsp3) is 0.842. The SMILES string of the molecule is O=C(CCC1CCCCC1)N1CC(CF)C(c2nc(C3CC3)n[nH]2)C1. The molecule has 1 N–H and O–H groups in total. The van der Waals surface area contributed by atoms with E-state index < -0.39 is 6.67 Å². The fourth-order valence-electron chi connectivity index (χ4n) is 4.48. The number of amides is 1. The quantitative estimate of drug-likeness (QED) is 0.855. The van der Waals surface area contributed by atoms with Crippen LogP contribution in [0.25, 0.3) is 0 Å². The lowest BCUT2D eigenvalue weighted by Gasteiger charge is -2.22. The van der Waals surface area contributed by atoms with Crippen LogP contribution in [0.15, 0.2) is 0 Å². The Bertz CT molecular complexity index is 594. The average molecular weight is 348 g/mol. The van der Waals surface area contributed by atoms with E-state index in [1.807, 2.05) is 4.90 Å². The molecule has 4 rings (SSSR count). The van der Waals surface area contributed by atoms with Gasteiger partial charge >= 0.3 is 0 Å². The van der Waals surface area contributed by atoms with Crippen molar-refractivity contribution < 1.29 is 9.18 Å². The minimum atomic E-state index is -0.406. The molecule has 2 aliphatic carbocycles. The largest absolute Gasteiger partial charge is 0.342 e. The normalized spacial score (nSPS) is 27.8. The molecule has 25 heavy (non-hydrogen) atoms. The number of aromatic nitrogens is 3. The van der Waals surface area contributed by atoms with E-state index >= 15 is 0 Å². The molecule has 0 radical (unpaired) electrons. The highest BCUT2D eigenvalue weighted by molar-refractivity contribution is 5.76. The Hall–Kier alpha value is -1.46. The fourth-order valence-corrected chi connectivity index (χ4v) is 4.48. The molecule has 1 aromatic heterocycles. The molecule has 0 bridgehead atoms. The maximum Gasteiger partial charge on any atom is 0.222 e. The second-order valence-corrected chi connectivity index (χ2v) is 8.22. The number of H-pyrrole nitrogens is 1. The summed E-state index contributed by atoms with van der Waals surface area (Å²) in [4.78, 5) is 19.1. The number of nitrogens with one attached hydrogen (secondary N) is 1. The van der Waals surface area contributed by atoms with E-state index in [4.69, 9.17) is 0 Å². The molecule has 138 valence electrons. The van der Waals surface area contributed by atoms with Gasteiger partial charge in [-0.1, -0.05) is 32.1 Å². The second-order valence-electron chi connectivity index (χ2n) is 8.22. The molecule has 2 atom stereocenters. The summed E-state index contributed by atoms with van der Waals surface area (Å²) in [6.07, 6.45) is 10.4. The lowest BCUT2D eigenvalue weighted by Crippen LogP contribution is -2.29. The van der Waals surface area contributed by atoms with Gasteiger partial charge in [-0.2, -0.15) is 5.10 Å². The van der Waals surface area contributed by atoms with E-state index in [2.05, 4.69) is 15.2 Å². The molecule has 1 amide bonds. The van der Waals surface area contributed by atoms with Crippen LogP contribution in [0.3, 0.4) is 0 Å². The molecule has 2 saturated carbocycles. The smallest absolute Gasteiger partial charge is 0.222 e. The van der Waals surface area contributed by atoms with Gasteiger partial charge in [-0.25, -0.2) is 4.98 Å². The van der Waals surface area contributed by atoms with Crippen molar-refractivity contribution in [2.24, 2.45) is 11.8 Å². The first-order valence-electron chi connectivity index (χ1n) is 10.0. The van der Waals surface area contributed by atoms with E-state index in [0.29, 0.717) is 31.3 Å². The molecule has 5 nitrogen and oxygen atoms in total. The van der Waals surface area contributed by atoms with Gasteiger partial charge in [0.05, 0.1) is 6.67 Å². The number of hydrogen-bond acceptors (Lipinski definition) is 3. The second kappa shape index (κ2) is 7.42. The number of aromatic amines is 1.